The zero-order chi connectivity index (χ0) is 18.4. The molecule has 0 aliphatic carbocycles. The van der Waals surface area contributed by atoms with Crippen molar-refractivity contribution < 1.29 is 9.59 Å². The Kier molecular flexibility index (Phi) is 6.05. The van der Waals surface area contributed by atoms with Crippen LogP contribution in [0.2, 0.25) is 0 Å². The van der Waals surface area contributed by atoms with Crippen molar-refractivity contribution in [1.29, 1.82) is 0 Å². The first-order valence-corrected chi connectivity index (χ1v) is 9.35. The molecule has 2 aromatic rings. The molecule has 26 heavy (non-hydrogen) atoms. The highest BCUT2D eigenvalue weighted by Gasteiger charge is 2.38. The first-order valence-electron chi connectivity index (χ1n) is 9.35. The van der Waals surface area contributed by atoms with Gasteiger partial charge in [0, 0.05) is 13.1 Å². The fourth-order valence-electron chi connectivity index (χ4n) is 3.45. The topological polar surface area (TPSA) is 40.6 Å². The molecule has 2 amide bonds. The summed E-state index contributed by atoms with van der Waals surface area (Å²) in [7, 11) is 0. The molecule has 2 aromatic carbocycles. The lowest BCUT2D eigenvalue weighted by molar-refractivity contribution is -0.127. The van der Waals surface area contributed by atoms with E-state index in [0.717, 1.165) is 30.4 Å². The monoisotopic (exact) mass is 350 g/mol. The molecular weight excluding hydrogens is 324 g/mol. The van der Waals surface area contributed by atoms with E-state index in [-0.39, 0.29) is 24.4 Å². The van der Waals surface area contributed by atoms with Crippen LogP contribution in [0.5, 0.6) is 0 Å². The van der Waals surface area contributed by atoms with Gasteiger partial charge in [0.1, 0.15) is 0 Å². The fraction of sp³-hybridized carbons (Fsp3) is 0.364. The number of carbonyl (C=O) groups is 2. The minimum Gasteiger partial charge on any atom is -0.313 e. The summed E-state index contributed by atoms with van der Waals surface area (Å²) < 4.78 is 0. The number of unbranched alkanes of at least 4 members (excludes halogenated alkanes) is 1. The largest absolute Gasteiger partial charge is 0.321 e. The summed E-state index contributed by atoms with van der Waals surface area (Å²) in [5, 5.41) is 0. The molecule has 4 heteroatoms. The second kappa shape index (κ2) is 8.65. The normalized spacial score (nSPS) is 17.7. The van der Waals surface area contributed by atoms with Crippen molar-refractivity contribution in [2.45, 2.75) is 45.3 Å². The molecule has 3 rings (SSSR count). The summed E-state index contributed by atoms with van der Waals surface area (Å²) in [4.78, 5) is 29.4. The summed E-state index contributed by atoms with van der Waals surface area (Å²) >= 11 is 0. The van der Waals surface area contributed by atoms with Crippen LogP contribution in [0.15, 0.2) is 60.7 Å². The van der Waals surface area contributed by atoms with E-state index in [4.69, 9.17) is 0 Å². The number of carbonyl (C=O) groups excluding carboxylic acids is 2. The zero-order valence-corrected chi connectivity index (χ0v) is 15.3. The molecule has 0 saturated carbocycles. The Labute approximate surface area is 155 Å². The molecule has 0 radical (unpaired) electrons. The number of ketones is 1. The second-order valence-electron chi connectivity index (χ2n) is 6.86. The highest BCUT2D eigenvalue weighted by atomic mass is 16.2. The van der Waals surface area contributed by atoms with Gasteiger partial charge in [0.05, 0.1) is 12.6 Å². The molecule has 1 atom stereocenters. The number of hydrogen-bond donors (Lipinski definition) is 0. The van der Waals surface area contributed by atoms with Crippen LogP contribution >= 0.6 is 0 Å². The Morgan fingerprint density at radius 1 is 0.885 bits per heavy atom. The van der Waals surface area contributed by atoms with Crippen molar-refractivity contribution in [2.75, 3.05) is 6.54 Å². The van der Waals surface area contributed by atoms with Crippen LogP contribution < -0.4 is 0 Å². The van der Waals surface area contributed by atoms with Crippen LogP contribution in [-0.4, -0.2) is 34.2 Å². The van der Waals surface area contributed by atoms with E-state index < -0.39 is 0 Å². The minimum atomic E-state index is -0.310. The van der Waals surface area contributed by atoms with Gasteiger partial charge in [-0.15, -0.1) is 0 Å². The first kappa shape index (κ1) is 18.2. The van der Waals surface area contributed by atoms with Crippen LogP contribution in [0.1, 0.15) is 37.3 Å². The maximum Gasteiger partial charge on any atom is 0.321 e. The van der Waals surface area contributed by atoms with E-state index in [9.17, 15) is 9.59 Å². The molecular formula is C22H26N2O2. The van der Waals surface area contributed by atoms with Crippen molar-refractivity contribution in [3.05, 3.63) is 71.8 Å². The van der Waals surface area contributed by atoms with Gasteiger partial charge in [0.25, 0.3) is 0 Å². The number of benzene rings is 2. The summed E-state index contributed by atoms with van der Waals surface area (Å²) in [5.41, 5.74) is 2.09. The molecule has 0 N–H and O–H groups in total. The lowest BCUT2D eigenvalue weighted by Crippen LogP contribution is -2.58. The van der Waals surface area contributed by atoms with Crippen LogP contribution in [-0.2, 0) is 17.9 Å². The standard InChI is InChI=1S/C22H26N2O2/c1-2-3-14-20-21(25)17-23(15-18-10-6-4-7-11-18)22(26)24(20)16-19-12-8-5-9-13-19/h4-13,20H,2-3,14-17H2,1H3/t20-/m0/s1. The van der Waals surface area contributed by atoms with Gasteiger partial charge < -0.3 is 9.80 Å². The Morgan fingerprint density at radius 2 is 1.46 bits per heavy atom. The van der Waals surface area contributed by atoms with Gasteiger partial charge in [-0.25, -0.2) is 4.79 Å². The van der Waals surface area contributed by atoms with Crippen molar-refractivity contribution in [2.24, 2.45) is 0 Å². The predicted molar refractivity (Wildman–Crippen MR) is 103 cm³/mol. The first-order chi connectivity index (χ1) is 12.7. The summed E-state index contributed by atoms with van der Waals surface area (Å²) in [6, 6.07) is 19.4. The second-order valence-corrected chi connectivity index (χ2v) is 6.86. The number of amides is 2. The molecule has 1 aliphatic rings. The van der Waals surface area contributed by atoms with E-state index in [1.54, 1.807) is 9.80 Å². The average molecular weight is 350 g/mol. The molecule has 0 spiro atoms. The highest BCUT2D eigenvalue weighted by Crippen LogP contribution is 2.22. The number of hydrogen-bond acceptors (Lipinski definition) is 2. The molecule has 0 bridgehead atoms. The van der Waals surface area contributed by atoms with Gasteiger partial charge in [-0.05, 0) is 17.5 Å². The van der Waals surface area contributed by atoms with Gasteiger partial charge in [0.15, 0.2) is 5.78 Å². The number of nitrogens with zero attached hydrogens (tertiary/aromatic N) is 2. The van der Waals surface area contributed by atoms with Gasteiger partial charge >= 0.3 is 6.03 Å². The molecule has 0 unspecified atom stereocenters. The van der Waals surface area contributed by atoms with Crippen molar-refractivity contribution in [3.63, 3.8) is 0 Å². The highest BCUT2D eigenvalue weighted by molar-refractivity contribution is 5.95. The van der Waals surface area contributed by atoms with Crippen molar-refractivity contribution in [1.82, 2.24) is 9.80 Å². The Bertz CT molecular complexity index is 730. The van der Waals surface area contributed by atoms with E-state index in [2.05, 4.69) is 6.92 Å². The molecule has 136 valence electrons. The van der Waals surface area contributed by atoms with Crippen LogP contribution in [0.4, 0.5) is 4.79 Å². The molecule has 1 saturated heterocycles. The summed E-state index contributed by atoms with van der Waals surface area (Å²) in [5.74, 6) is 0.143. The molecule has 1 aliphatic heterocycles. The van der Waals surface area contributed by atoms with E-state index in [0.29, 0.717) is 13.1 Å². The minimum absolute atomic E-state index is 0.0431. The van der Waals surface area contributed by atoms with Crippen LogP contribution in [0, 0.1) is 0 Å². The zero-order valence-electron chi connectivity index (χ0n) is 15.3. The third-order valence-electron chi connectivity index (χ3n) is 4.85. The van der Waals surface area contributed by atoms with Crippen molar-refractivity contribution in [3.8, 4) is 0 Å². The molecule has 1 heterocycles. The average Bonchev–Trinajstić information content (AvgIpc) is 2.67. The quantitative estimate of drug-likeness (QED) is 0.749. The van der Waals surface area contributed by atoms with Crippen molar-refractivity contribution >= 4 is 11.8 Å². The molecule has 0 aromatic heterocycles. The van der Waals surface area contributed by atoms with Gasteiger partial charge in [-0.3, -0.25) is 4.79 Å². The Hall–Kier alpha value is -2.62. The fourth-order valence-corrected chi connectivity index (χ4v) is 3.45. The predicted octanol–water partition coefficient (Wildman–Crippen LogP) is 4.25. The maximum atomic E-state index is 13.2. The third kappa shape index (κ3) is 4.31. The number of rotatable bonds is 7. The number of Topliss-reactive ketones (excluding diaryl/α,β-unsaturated/α-hetero) is 1. The number of urea groups is 1. The maximum absolute atomic E-state index is 13.2. The summed E-state index contributed by atoms with van der Waals surface area (Å²) in [6.07, 6.45) is 2.71. The van der Waals surface area contributed by atoms with E-state index in [1.807, 2.05) is 60.7 Å². The smallest absolute Gasteiger partial charge is 0.313 e. The Morgan fingerprint density at radius 3 is 2.04 bits per heavy atom. The SMILES string of the molecule is CCCC[C@H]1C(=O)CN(Cc2ccccc2)C(=O)N1Cc1ccccc1. The summed E-state index contributed by atoms with van der Waals surface area (Å²) in [6.45, 7) is 3.26. The van der Waals surface area contributed by atoms with Gasteiger partial charge in [-0.2, -0.15) is 0 Å². The Balaban J connectivity index is 1.81. The van der Waals surface area contributed by atoms with Gasteiger partial charge in [0.2, 0.25) is 0 Å². The lowest BCUT2D eigenvalue weighted by Gasteiger charge is -2.40. The van der Waals surface area contributed by atoms with Crippen LogP contribution in [0.25, 0.3) is 0 Å². The van der Waals surface area contributed by atoms with Crippen LogP contribution in [0.3, 0.4) is 0 Å². The third-order valence-corrected chi connectivity index (χ3v) is 4.85. The van der Waals surface area contributed by atoms with Gasteiger partial charge in [-0.1, -0.05) is 80.4 Å². The van der Waals surface area contributed by atoms with E-state index in [1.165, 1.54) is 0 Å². The lowest BCUT2D eigenvalue weighted by atomic mass is 10.00. The molecule has 1 fully saturated rings. The van der Waals surface area contributed by atoms with E-state index >= 15 is 0 Å². The molecule has 4 nitrogen and oxygen atoms in total.